The number of carbonyl (C=O) groups is 1. The zero-order chi connectivity index (χ0) is 9.78. The van der Waals surface area contributed by atoms with Crippen LogP contribution in [-0.4, -0.2) is 28.8 Å². The molecule has 5 heteroatoms. The Kier molecular flexibility index (Phi) is 3.67. The lowest BCUT2D eigenvalue weighted by atomic mass is 10.2. The zero-order valence-electron chi connectivity index (χ0n) is 7.46. The summed E-state index contributed by atoms with van der Waals surface area (Å²) in [5.41, 5.74) is 1.12. The molecule has 0 rings (SSSR count). The fourth-order valence-electron chi connectivity index (χ4n) is 0.633. The number of nitrogens with zero attached hydrogens (tertiary/aromatic N) is 2. The van der Waals surface area contributed by atoms with Crippen molar-refractivity contribution in [2.24, 2.45) is 0 Å². The predicted molar refractivity (Wildman–Crippen MR) is 42.4 cm³/mol. The van der Waals surface area contributed by atoms with Crippen LogP contribution in [0.1, 0.15) is 20.3 Å². The molecule has 0 radical (unpaired) electrons. The van der Waals surface area contributed by atoms with Crippen molar-refractivity contribution in [1.29, 1.82) is 5.26 Å². The number of hydrogen-bond acceptors (Lipinski definition) is 4. The summed E-state index contributed by atoms with van der Waals surface area (Å²) in [6.45, 7) is 2.78. The highest BCUT2D eigenvalue weighted by molar-refractivity contribution is 5.72. The van der Waals surface area contributed by atoms with E-state index in [-0.39, 0.29) is 12.3 Å². The van der Waals surface area contributed by atoms with Gasteiger partial charge in [-0.3, -0.25) is 9.80 Å². The van der Waals surface area contributed by atoms with Gasteiger partial charge in [0.25, 0.3) is 0 Å². The molecule has 0 saturated carbocycles. The highest BCUT2D eigenvalue weighted by atomic mass is 16.3. The quantitative estimate of drug-likeness (QED) is 0.447. The third-order valence-corrected chi connectivity index (χ3v) is 1.30. The van der Waals surface area contributed by atoms with Gasteiger partial charge >= 0.3 is 0 Å². The second kappa shape index (κ2) is 4.04. The normalized spacial score (nSPS) is 14.6. The summed E-state index contributed by atoms with van der Waals surface area (Å²) in [5.74, 6) is -0.229. The molecule has 1 atom stereocenters. The van der Waals surface area contributed by atoms with Crippen molar-refractivity contribution in [2.75, 3.05) is 7.05 Å². The molecule has 0 aliphatic carbocycles. The number of nitriles is 1. The molecule has 0 saturated heterocycles. The number of hydrazine groups is 1. The fourth-order valence-corrected chi connectivity index (χ4v) is 0.633. The summed E-state index contributed by atoms with van der Waals surface area (Å²) in [4.78, 5) is 10.7. The van der Waals surface area contributed by atoms with Gasteiger partial charge in [0.15, 0.2) is 0 Å². The number of hydrogen-bond donors (Lipinski definition) is 2. The summed E-state index contributed by atoms with van der Waals surface area (Å²) in [6.07, 6.45) is -0.0787. The van der Waals surface area contributed by atoms with Crippen LogP contribution in [0.3, 0.4) is 0 Å². The SMILES string of the molecule is CC(=O)N(C)NC(C)(O)CC#N. The topological polar surface area (TPSA) is 76.4 Å². The lowest BCUT2D eigenvalue weighted by molar-refractivity contribution is -0.137. The molecule has 12 heavy (non-hydrogen) atoms. The second-order valence-corrected chi connectivity index (χ2v) is 2.80. The van der Waals surface area contributed by atoms with Crippen LogP contribution in [0.25, 0.3) is 0 Å². The van der Waals surface area contributed by atoms with E-state index in [0.717, 1.165) is 5.01 Å². The van der Waals surface area contributed by atoms with Crippen molar-refractivity contribution in [3.05, 3.63) is 0 Å². The molecular weight excluding hydrogens is 158 g/mol. The molecule has 0 spiro atoms. The van der Waals surface area contributed by atoms with Crippen LogP contribution in [0.2, 0.25) is 0 Å². The van der Waals surface area contributed by atoms with Crippen LogP contribution in [-0.2, 0) is 4.79 Å². The Balaban J connectivity index is 4.07. The first kappa shape index (κ1) is 10.9. The van der Waals surface area contributed by atoms with Crippen molar-refractivity contribution in [3.8, 4) is 6.07 Å². The molecule has 1 unspecified atom stereocenters. The number of aliphatic hydroxyl groups is 1. The minimum absolute atomic E-state index is 0.0787. The van der Waals surface area contributed by atoms with Crippen LogP contribution >= 0.6 is 0 Å². The maximum Gasteiger partial charge on any atom is 0.233 e. The molecule has 68 valence electrons. The first-order chi connectivity index (χ1) is 5.39. The van der Waals surface area contributed by atoms with Crippen LogP contribution in [0, 0.1) is 11.3 Å². The maximum atomic E-state index is 10.7. The third kappa shape index (κ3) is 3.91. The zero-order valence-corrected chi connectivity index (χ0v) is 7.46. The van der Waals surface area contributed by atoms with Gasteiger partial charge in [-0.15, -0.1) is 0 Å². The smallest absolute Gasteiger partial charge is 0.233 e. The second-order valence-electron chi connectivity index (χ2n) is 2.80. The van der Waals surface area contributed by atoms with Gasteiger partial charge in [-0.2, -0.15) is 5.26 Å². The molecule has 0 aromatic rings. The molecule has 2 N–H and O–H groups in total. The Labute approximate surface area is 71.6 Å². The number of carbonyl (C=O) groups excluding carboxylic acids is 1. The minimum Gasteiger partial charge on any atom is -0.373 e. The van der Waals surface area contributed by atoms with E-state index >= 15 is 0 Å². The van der Waals surface area contributed by atoms with E-state index in [1.807, 2.05) is 0 Å². The largest absolute Gasteiger partial charge is 0.373 e. The maximum absolute atomic E-state index is 10.7. The third-order valence-electron chi connectivity index (χ3n) is 1.30. The van der Waals surface area contributed by atoms with Crippen LogP contribution < -0.4 is 5.43 Å². The average Bonchev–Trinajstić information content (AvgIpc) is 1.85. The van der Waals surface area contributed by atoms with Gasteiger partial charge in [0, 0.05) is 14.0 Å². The molecule has 0 aliphatic rings. The van der Waals surface area contributed by atoms with Gasteiger partial charge in [0.2, 0.25) is 5.91 Å². The Morgan fingerprint density at radius 1 is 1.83 bits per heavy atom. The Morgan fingerprint density at radius 3 is 2.67 bits per heavy atom. The van der Waals surface area contributed by atoms with E-state index in [0.29, 0.717) is 0 Å². The standard InChI is InChI=1S/C7H13N3O2/c1-6(11)10(3)9-7(2,12)4-5-8/h9,12H,4H2,1-3H3. The first-order valence-corrected chi connectivity index (χ1v) is 3.50. The van der Waals surface area contributed by atoms with Gasteiger partial charge in [0.1, 0.15) is 5.72 Å². The lowest BCUT2D eigenvalue weighted by Gasteiger charge is -2.27. The number of nitrogens with one attached hydrogen (secondary N) is 1. The van der Waals surface area contributed by atoms with Crippen LogP contribution in [0.4, 0.5) is 0 Å². The molecular formula is C7H13N3O2. The van der Waals surface area contributed by atoms with E-state index in [1.54, 1.807) is 6.07 Å². The molecule has 1 amide bonds. The summed E-state index contributed by atoms with van der Waals surface area (Å²) in [6, 6.07) is 1.80. The monoisotopic (exact) mass is 171 g/mol. The van der Waals surface area contributed by atoms with E-state index in [4.69, 9.17) is 5.26 Å². The molecule has 0 aromatic carbocycles. The Hall–Kier alpha value is -1.12. The molecule has 0 aromatic heterocycles. The fraction of sp³-hybridized carbons (Fsp3) is 0.714. The van der Waals surface area contributed by atoms with Gasteiger partial charge in [-0.25, -0.2) is 5.43 Å². The Bertz CT molecular complexity index is 207. The molecule has 0 fully saturated rings. The summed E-state index contributed by atoms with van der Waals surface area (Å²) >= 11 is 0. The van der Waals surface area contributed by atoms with Crippen molar-refractivity contribution >= 4 is 5.91 Å². The van der Waals surface area contributed by atoms with Crippen LogP contribution in [0.5, 0.6) is 0 Å². The highest BCUT2D eigenvalue weighted by Gasteiger charge is 2.21. The number of amides is 1. The molecule has 0 heterocycles. The van der Waals surface area contributed by atoms with E-state index < -0.39 is 5.72 Å². The van der Waals surface area contributed by atoms with Crippen LogP contribution in [0.15, 0.2) is 0 Å². The van der Waals surface area contributed by atoms with Crippen molar-refractivity contribution in [2.45, 2.75) is 26.0 Å². The van der Waals surface area contributed by atoms with Gasteiger partial charge in [-0.05, 0) is 6.92 Å². The Morgan fingerprint density at radius 2 is 2.33 bits per heavy atom. The number of rotatable bonds is 3. The predicted octanol–water partition coefficient (Wildman–Crippen LogP) is -0.409. The van der Waals surface area contributed by atoms with E-state index in [1.165, 1.54) is 20.9 Å². The van der Waals surface area contributed by atoms with E-state index in [2.05, 4.69) is 5.43 Å². The molecule has 0 bridgehead atoms. The van der Waals surface area contributed by atoms with Crippen molar-refractivity contribution < 1.29 is 9.90 Å². The average molecular weight is 171 g/mol. The van der Waals surface area contributed by atoms with E-state index in [9.17, 15) is 9.90 Å². The summed E-state index contributed by atoms with van der Waals surface area (Å²) in [5, 5.41) is 18.8. The first-order valence-electron chi connectivity index (χ1n) is 3.50. The van der Waals surface area contributed by atoms with Crippen molar-refractivity contribution in [3.63, 3.8) is 0 Å². The summed E-state index contributed by atoms with van der Waals surface area (Å²) < 4.78 is 0. The van der Waals surface area contributed by atoms with Crippen molar-refractivity contribution in [1.82, 2.24) is 10.4 Å². The molecule has 0 aliphatic heterocycles. The van der Waals surface area contributed by atoms with Gasteiger partial charge < -0.3 is 5.11 Å². The summed E-state index contributed by atoms with van der Waals surface area (Å²) in [7, 11) is 1.48. The lowest BCUT2D eigenvalue weighted by Crippen LogP contribution is -2.52. The molecule has 5 nitrogen and oxygen atoms in total. The minimum atomic E-state index is -1.35. The van der Waals surface area contributed by atoms with Gasteiger partial charge in [-0.1, -0.05) is 0 Å². The van der Waals surface area contributed by atoms with Gasteiger partial charge in [0.05, 0.1) is 12.5 Å². The highest BCUT2D eigenvalue weighted by Crippen LogP contribution is 2.03.